The van der Waals surface area contributed by atoms with E-state index in [4.69, 9.17) is 5.73 Å². The number of nitrogens with zero attached hydrogens (tertiary/aromatic N) is 2. The van der Waals surface area contributed by atoms with Crippen LogP contribution in [0, 0.1) is 5.82 Å². The van der Waals surface area contributed by atoms with Gasteiger partial charge in [0.25, 0.3) is 5.91 Å². The molecule has 0 aliphatic heterocycles. The highest BCUT2D eigenvalue weighted by Crippen LogP contribution is 2.25. The van der Waals surface area contributed by atoms with Crippen molar-refractivity contribution in [3.05, 3.63) is 70.4 Å². The Balaban J connectivity index is 1.66. The van der Waals surface area contributed by atoms with Crippen molar-refractivity contribution in [2.24, 2.45) is 5.73 Å². The van der Waals surface area contributed by atoms with E-state index in [0.717, 1.165) is 43.0 Å². The zero-order valence-electron chi connectivity index (χ0n) is 16.2. The minimum absolute atomic E-state index is 0.219. The van der Waals surface area contributed by atoms with Crippen LogP contribution in [0.4, 0.5) is 10.1 Å². The van der Waals surface area contributed by atoms with E-state index in [9.17, 15) is 18.8 Å². The molecule has 7 nitrogen and oxygen atoms in total. The molecule has 0 unspecified atom stereocenters. The second kappa shape index (κ2) is 7.98. The third kappa shape index (κ3) is 3.63. The smallest absolute Gasteiger partial charge is 0.333 e. The molecule has 1 aliphatic carbocycles. The van der Waals surface area contributed by atoms with E-state index in [1.165, 1.54) is 16.7 Å². The summed E-state index contributed by atoms with van der Waals surface area (Å²) in [5.74, 6) is -2.16. The Labute approximate surface area is 171 Å². The van der Waals surface area contributed by atoms with Crippen LogP contribution in [0.3, 0.4) is 0 Å². The molecule has 0 saturated carbocycles. The van der Waals surface area contributed by atoms with Gasteiger partial charge in [0.2, 0.25) is 5.91 Å². The van der Waals surface area contributed by atoms with Crippen molar-refractivity contribution in [1.29, 1.82) is 0 Å². The van der Waals surface area contributed by atoms with Crippen LogP contribution in [-0.2, 0) is 11.3 Å². The highest BCUT2D eigenvalue weighted by Gasteiger charge is 2.19. The molecule has 3 N–H and O–H groups in total. The van der Waals surface area contributed by atoms with E-state index in [-0.39, 0.29) is 23.5 Å². The number of hydrogen-bond acceptors (Lipinski definition) is 3. The minimum Gasteiger partial charge on any atom is -0.366 e. The molecular weight excluding hydrogens is 387 g/mol. The van der Waals surface area contributed by atoms with Crippen LogP contribution in [0.15, 0.2) is 53.3 Å². The summed E-state index contributed by atoms with van der Waals surface area (Å²) in [6.07, 6.45) is 5.93. The van der Waals surface area contributed by atoms with Crippen molar-refractivity contribution in [3.8, 4) is 0 Å². The second-order valence-electron chi connectivity index (χ2n) is 7.24. The van der Waals surface area contributed by atoms with Gasteiger partial charge < -0.3 is 11.1 Å². The average molecular weight is 408 g/mol. The van der Waals surface area contributed by atoms with Crippen LogP contribution in [0.25, 0.3) is 16.7 Å². The summed E-state index contributed by atoms with van der Waals surface area (Å²) in [5.41, 5.74) is 7.13. The third-order valence-electron chi connectivity index (χ3n) is 5.21. The van der Waals surface area contributed by atoms with Crippen molar-refractivity contribution in [3.63, 3.8) is 0 Å². The highest BCUT2D eigenvalue weighted by atomic mass is 19.1. The van der Waals surface area contributed by atoms with E-state index in [1.807, 2.05) is 18.2 Å². The van der Waals surface area contributed by atoms with Gasteiger partial charge >= 0.3 is 5.69 Å². The molecule has 0 spiro atoms. The molecule has 8 heteroatoms. The number of hydrogen-bond donors (Lipinski definition) is 2. The average Bonchev–Trinajstić information content (AvgIpc) is 3.01. The molecule has 3 aromatic rings. The largest absolute Gasteiger partial charge is 0.366 e. The molecule has 4 rings (SSSR count). The fraction of sp³-hybridized carbons (Fsp3) is 0.227. The van der Waals surface area contributed by atoms with Gasteiger partial charge in [-0.2, -0.15) is 0 Å². The van der Waals surface area contributed by atoms with Crippen molar-refractivity contribution in [2.45, 2.75) is 32.2 Å². The van der Waals surface area contributed by atoms with Crippen molar-refractivity contribution in [2.75, 3.05) is 5.32 Å². The predicted octanol–water partition coefficient (Wildman–Crippen LogP) is 3.09. The first-order valence-electron chi connectivity index (χ1n) is 9.74. The van der Waals surface area contributed by atoms with Crippen molar-refractivity contribution >= 4 is 34.2 Å². The molecule has 30 heavy (non-hydrogen) atoms. The maximum Gasteiger partial charge on any atom is 0.333 e. The SMILES string of the molecule is NC(=O)c1cc(NC(=O)Cn2c(=O)n(C3=CCCCC3)c3ccccc32)ccc1F. The number of primary amides is 1. The van der Waals surface area contributed by atoms with Crippen LogP contribution < -0.4 is 16.7 Å². The fourth-order valence-corrected chi connectivity index (χ4v) is 3.80. The molecule has 0 radical (unpaired) electrons. The Morgan fingerprint density at radius 2 is 1.87 bits per heavy atom. The van der Waals surface area contributed by atoms with Crippen LogP contribution in [-0.4, -0.2) is 20.9 Å². The Bertz CT molecular complexity index is 1240. The molecule has 0 saturated heterocycles. The lowest BCUT2D eigenvalue weighted by Gasteiger charge is -2.13. The molecule has 1 aromatic heterocycles. The molecule has 0 atom stereocenters. The molecule has 0 fully saturated rings. The lowest BCUT2D eigenvalue weighted by molar-refractivity contribution is -0.116. The predicted molar refractivity (Wildman–Crippen MR) is 112 cm³/mol. The summed E-state index contributed by atoms with van der Waals surface area (Å²) >= 11 is 0. The molecule has 2 amide bonds. The number of aromatic nitrogens is 2. The number of nitrogens with two attached hydrogens (primary N) is 1. The van der Waals surface area contributed by atoms with Gasteiger partial charge in [-0.3, -0.25) is 18.7 Å². The van der Waals surface area contributed by atoms with Gasteiger partial charge in [-0.05, 0) is 56.0 Å². The number of imidazole rings is 1. The standard InChI is InChI=1S/C22H21FN4O3/c23-17-11-10-14(12-16(17)21(24)29)25-20(28)13-26-18-8-4-5-9-19(18)27(22(26)30)15-6-2-1-3-7-15/h4-6,8-12H,1-3,7,13H2,(H2,24,29)(H,25,28). The zero-order valence-corrected chi connectivity index (χ0v) is 16.2. The summed E-state index contributed by atoms with van der Waals surface area (Å²) in [4.78, 5) is 37.1. The first-order chi connectivity index (χ1) is 14.5. The van der Waals surface area contributed by atoms with Crippen LogP contribution in [0.5, 0.6) is 0 Å². The lowest BCUT2D eigenvalue weighted by atomic mass is 10.0. The topological polar surface area (TPSA) is 99.1 Å². The number of rotatable bonds is 5. The van der Waals surface area contributed by atoms with Crippen LogP contribution >= 0.6 is 0 Å². The Morgan fingerprint density at radius 1 is 1.10 bits per heavy atom. The minimum atomic E-state index is -0.927. The van der Waals surface area contributed by atoms with Crippen LogP contribution in [0.1, 0.15) is 36.0 Å². The van der Waals surface area contributed by atoms with E-state index in [1.54, 1.807) is 10.6 Å². The normalized spacial score (nSPS) is 13.8. The number of para-hydroxylation sites is 2. The maximum atomic E-state index is 13.6. The fourth-order valence-electron chi connectivity index (χ4n) is 3.80. The molecule has 154 valence electrons. The van der Waals surface area contributed by atoms with Gasteiger partial charge in [0.1, 0.15) is 12.4 Å². The maximum absolute atomic E-state index is 13.6. The molecule has 2 aromatic carbocycles. The molecule has 1 aliphatic rings. The molecular formula is C22H21FN4O3. The quantitative estimate of drug-likeness (QED) is 0.679. The number of amides is 2. The summed E-state index contributed by atoms with van der Waals surface area (Å²) < 4.78 is 16.7. The highest BCUT2D eigenvalue weighted by molar-refractivity contribution is 5.96. The Hall–Kier alpha value is -3.68. The van der Waals surface area contributed by atoms with E-state index in [2.05, 4.69) is 11.4 Å². The number of carbonyl (C=O) groups excluding carboxylic acids is 2. The second-order valence-corrected chi connectivity index (χ2v) is 7.24. The number of anilines is 1. The summed E-state index contributed by atoms with van der Waals surface area (Å²) in [7, 11) is 0. The van der Waals surface area contributed by atoms with Gasteiger partial charge in [0, 0.05) is 11.4 Å². The number of carbonyl (C=O) groups is 2. The van der Waals surface area contributed by atoms with E-state index >= 15 is 0 Å². The monoisotopic (exact) mass is 408 g/mol. The van der Waals surface area contributed by atoms with Crippen molar-refractivity contribution in [1.82, 2.24) is 9.13 Å². The first kappa shape index (κ1) is 19.6. The Kier molecular flexibility index (Phi) is 5.22. The first-order valence-corrected chi connectivity index (χ1v) is 9.74. The number of benzene rings is 2. The van der Waals surface area contributed by atoms with E-state index in [0.29, 0.717) is 5.52 Å². The van der Waals surface area contributed by atoms with Crippen LogP contribution in [0.2, 0.25) is 0 Å². The number of nitrogens with one attached hydrogen (secondary N) is 1. The number of fused-ring (bicyclic) bond motifs is 1. The van der Waals surface area contributed by atoms with E-state index < -0.39 is 17.6 Å². The zero-order chi connectivity index (χ0) is 21.3. The molecule has 1 heterocycles. The number of halogens is 1. The van der Waals surface area contributed by atoms with Gasteiger partial charge in [0.05, 0.1) is 16.6 Å². The van der Waals surface area contributed by atoms with Gasteiger partial charge in [-0.25, -0.2) is 9.18 Å². The number of allylic oxidation sites excluding steroid dienone is 2. The lowest BCUT2D eigenvalue weighted by Crippen LogP contribution is -2.29. The third-order valence-corrected chi connectivity index (χ3v) is 5.21. The van der Waals surface area contributed by atoms with Gasteiger partial charge in [0.15, 0.2) is 0 Å². The Morgan fingerprint density at radius 3 is 2.57 bits per heavy atom. The van der Waals surface area contributed by atoms with Gasteiger partial charge in [-0.1, -0.05) is 18.2 Å². The molecule has 0 bridgehead atoms. The van der Waals surface area contributed by atoms with Crippen molar-refractivity contribution < 1.29 is 14.0 Å². The summed E-state index contributed by atoms with van der Waals surface area (Å²) in [6.45, 7) is -0.219. The summed E-state index contributed by atoms with van der Waals surface area (Å²) in [6, 6.07) is 10.9. The summed E-state index contributed by atoms with van der Waals surface area (Å²) in [5, 5.41) is 2.60. The van der Waals surface area contributed by atoms with Gasteiger partial charge in [-0.15, -0.1) is 0 Å².